The van der Waals surface area contributed by atoms with Gasteiger partial charge < -0.3 is 10.1 Å². The number of halogens is 7. The van der Waals surface area contributed by atoms with Crippen molar-refractivity contribution >= 4 is 23.2 Å². The maximum Gasteiger partial charge on any atom is 0.387 e. The van der Waals surface area contributed by atoms with E-state index in [1.165, 1.54) is 18.2 Å². The zero-order chi connectivity index (χ0) is 21.2. The standard InChI is InChI=1S/C16H14ClF6N3O2/c1-6-3-4-9(28-16(22)23)8(5-6)24-15(27)7(2)26-12(14(20)21)10(17)11(25-26)13(18)19/h3-5,7,13-14,16H,1-2H3,(H,24,27). The van der Waals surface area contributed by atoms with Gasteiger partial charge in [0.15, 0.2) is 0 Å². The van der Waals surface area contributed by atoms with E-state index in [1.807, 2.05) is 0 Å². The van der Waals surface area contributed by atoms with Gasteiger partial charge in [-0.1, -0.05) is 17.7 Å². The fourth-order valence-corrected chi connectivity index (χ4v) is 2.65. The van der Waals surface area contributed by atoms with Crippen molar-refractivity contribution < 1.29 is 35.9 Å². The van der Waals surface area contributed by atoms with Gasteiger partial charge in [-0.2, -0.15) is 13.9 Å². The molecule has 2 aromatic rings. The van der Waals surface area contributed by atoms with Crippen molar-refractivity contribution in [3.05, 3.63) is 40.2 Å². The van der Waals surface area contributed by atoms with Crippen LogP contribution in [-0.4, -0.2) is 22.3 Å². The van der Waals surface area contributed by atoms with E-state index in [4.69, 9.17) is 11.6 Å². The van der Waals surface area contributed by atoms with Gasteiger partial charge >= 0.3 is 6.61 Å². The highest BCUT2D eigenvalue weighted by atomic mass is 35.5. The van der Waals surface area contributed by atoms with Crippen LogP contribution in [0.1, 0.15) is 42.8 Å². The summed E-state index contributed by atoms with van der Waals surface area (Å²) in [5.41, 5.74) is -1.70. The Morgan fingerprint density at radius 2 is 1.82 bits per heavy atom. The van der Waals surface area contributed by atoms with Crippen LogP contribution in [0.15, 0.2) is 18.2 Å². The fourth-order valence-electron chi connectivity index (χ4n) is 2.36. The molecule has 1 heterocycles. The summed E-state index contributed by atoms with van der Waals surface area (Å²) in [5.74, 6) is -1.34. The van der Waals surface area contributed by atoms with Gasteiger partial charge in [-0.25, -0.2) is 22.2 Å². The zero-order valence-electron chi connectivity index (χ0n) is 14.4. The van der Waals surface area contributed by atoms with E-state index in [0.29, 0.717) is 10.2 Å². The van der Waals surface area contributed by atoms with Gasteiger partial charge in [0.05, 0.1) is 10.7 Å². The number of hydrogen-bond donors (Lipinski definition) is 1. The maximum atomic E-state index is 13.3. The lowest BCUT2D eigenvalue weighted by atomic mass is 10.2. The van der Waals surface area contributed by atoms with E-state index < -0.39 is 47.8 Å². The minimum absolute atomic E-state index is 0.150. The predicted octanol–water partition coefficient (Wildman–Crippen LogP) is 5.52. The molecule has 1 aromatic carbocycles. The molecule has 0 radical (unpaired) electrons. The van der Waals surface area contributed by atoms with Crippen molar-refractivity contribution in [1.82, 2.24) is 9.78 Å². The van der Waals surface area contributed by atoms with Crippen LogP contribution < -0.4 is 10.1 Å². The first kappa shape index (κ1) is 21.9. The Labute approximate surface area is 160 Å². The lowest BCUT2D eigenvalue weighted by Gasteiger charge is -2.17. The molecule has 0 bridgehead atoms. The molecule has 2 rings (SSSR count). The summed E-state index contributed by atoms with van der Waals surface area (Å²) >= 11 is 5.55. The number of nitrogens with one attached hydrogen (secondary N) is 1. The molecule has 0 aliphatic rings. The second-order valence-corrected chi connectivity index (χ2v) is 6.05. The molecular formula is C16H14ClF6N3O2. The van der Waals surface area contributed by atoms with E-state index in [0.717, 1.165) is 6.92 Å². The third-order valence-corrected chi connectivity index (χ3v) is 4.07. The zero-order valence-corrected chi connectivity index (χ0v) is 15.2. The van der Waals surface area contributed by atoms with E-state index in [9.17, 15) is 31.1 Å². The Bertz CT molecular complexity index is 859. The molecule has 0 aliphatic carbocycles. The van der Waals surface area contributed by atoms with E-state index in [-0.39, 0.29) is 11.4 Å². The number of alkyl halides is 6. The molecule has 0 spiro atoms. The second-order valence-electron chi connectivity index (χ2n) is 5.67. The molecule has 1 unspecified atom stereocenters. The Morgan fingerprint density at radius 1 is 1.18 bits per heavy atom. The number of nitrogens with zero attached hydrogens (tertiary/aromatic N) is 2. The van der Waals surface area contributed by atoms with Crippen molar-refractivity contribution in [2.75, 3.05) is 5.32 Å². The summed E-state index contributed by atoms with van der Waals surface area (Å²) in [6.45, 7) is -0.439. The number of aryl methyl sites for hydroxylation is 1. The highest BCUT2D eigenvalue weighted by molar-refractivity contribution is 6.32. The third-order valence-electron chi connectivity index (χ3n) is 3.68. The van der Waals surface area contributed by atoms with Crippen LogP contribution >= 0.6 is 11.6 Å². The Balaban J connectivity index is 2.36. The van der Waals surface area contributed by atoms with Crippen molar-refractivity contribution in [2.45, 2.75) is 39.4 Å². The SMILES string of the molecule is Cc1ccc(OC(F)F)c(NC(=O)C(C)n2nc(C(F)F)c(Cl)c2C(F)F)c1. The smallest absolute Gasteiger partial charge is 0.387 e. The maximum absolute atomic E-state index is 13.3. The minimum atomic E-state index is -3.28. The predicted molar refractivity (Wildman–Crippen MR) is 88.3 cm³/mol. The number of benzene rings is 1. The number of hydrogen-bond acceptors (Lipinski definition) is 3. The molecule has 5 nitrogen and oxygen atoms in total. The molecule has 154 valence electrons. The molecule has 0 saturated carbocycles. The fraction of sp³-hybridized carbons (Fsp3) is 0.375. The number of anilines is 1. The van der Waals surface area contributed by atoms with Gasteiger partial charge in [0.25, 0.3) is 12.9 Å². The Kier molecular flexibility index (Phi) is 6.81. The molecule has 1 N–H and O–H groups in total. The summed E-state index contributed by atoms with van der Waals surface area (Å²) in [6.07, 6.45) is -6.51. The molecule has 0 saturated heterocycles. The van der Waals surface area contributed by atoms with Crippen LogP contribution in [0.2, 0.25) is 5.02 Å². The average Bonchev–Trinajstić information content (AvgIpc) is 2.93. The first-order chi connectivity index (χ1) is 13.0. The van der Waals surface area contributed by atoms with E-state index in [1.54, 1.807) is 6.92 Å². The van der Waals surface area contributed by atoms with Crippen molar-refractivity contribution in [3.63, 3.8) is 0 Å². The number of amides is 1. The number of rotatable bonds is 7. The van der Waals surface area contributed by atoms with Gasteiger partial charge in [-0.15, -0.1) is 0 Å². The van der Waals surface area contributed by atoms with Gasteiger partial charge in [0, 0.05) is 0 Å². The van der Waals surface area contributed by atoms with Gasteiger partial charge in [-0.05, 0) is 31.5 Å². The molecular weight excluding hydrogens is 416 g/mol. The summed E-state index contributed by atoms with van der Waals surface area (Å²) < 4.78 is 82.0. The molecule has 12 heteroatoms. The number of carbonyl (C=O) groups is 1. The topological polar surface area (TPSA) is 56.1 Å². The van der Waals surface area contributed by atoms with Crippen molar-refractivity contribution in [3.8, 4) is 5.75 Å². The highest BCUT2D eigenvalue weighted by Crippen LogP contribution is 2.36. The van der Waals surface area contributed by atoms with Crippen LogP contribution in [0.5, 0.6) is 5.75 Å². The van der Waals surface area contributed by atoms with E-state index in [2.05, 4.69) is 15.2 Å². The summed E-state index contributed by atoms with van der Waals surface area (Å²) in [7, 11) is 0. The second kappa shape index (κ2) is 8.72. The molecule has 28 heavy (non-hydrogen) atoms. The Morgan fingerprint density at radius 3 is 2.36 bits per heavy atom. The van der Waals surface area contributed by atoms with Crippen LogP contribution in [0.25, 0.3) is 0 Å². The van der Waals surface area contributed by atoms with Crippen molar-refractivity contribution in [1.29, 1.82) is 0 Å². The van der Waals surface area contributed by atoms with Crippen LogP contribution in [0.3, 0.4) is 0 Å². The number of ether oxygens (including phenoxy) is 1. The van der Waals surface area contributed by atoms with Gasteiger partial charge in [-0.3, -0.25) is 4.79 Å². The lowest BCUT2D eigenvalue weighted by Crippen LogP contribution is -2.26. The highest BCUT2D eigenvalue weighted by Gasteiger charge is 2.32. The normalized spacial score (nSPS) is 12.7. The first-order valence-electron chi connectivity index (χ1n) is 7.73. The van der Waals surface area contributed by atoms with Crippen LogP contribution in [-0.2, 0) is 4.79 Å². The third kappa shape index (κ3) is 4.70. The summed E-state index contributed by atoms with van der Waals surface area (Å²) in [5, 5.41) is 4.63. The number of aromatic nitrogens is 2. The molecule has 0 fully saturated rings. The monoisotopic (exact) mass is 429 g/mol. The van der Waals surface area contributed by atoms with Crippen LogP contribution in [0, 0.1) is 6.92 Å². The van der Waals surface area contributed by atoms with E-state index >= 15 is 0 Å². The number of carbonyl (C=O) groups excluding carboxylic acids is 1. The first-order valence-corrected chi connectivity index (χ1v) is 8.11. The van der Waals surface area contributed by atoms with Gasteiger partial charge in [0.1, 0.15) is 23.2 Å². The summed E-state index contributed by atoms with van der Waals surface area (Å²) in [4.78, 5) is 12.4. The quantitative estimate of drug-likeness (QED) is 0.589. The largest absolute Gasteiger partial charge is 0.433 e. The summed E-state index contributed by atoms with van der Waals surface area (Å²) in [6, 6.07) is 2.45. The van der Waals surface area contributed by atoms with Crippen LogP contribution in [0.4, 0.5) is 32.0 Å². The van der Waals surface area contributed by atoms with Crippen molar-refractivity contribution in [2.24, 2.45) is 0 Å². The molecule has 0 aliphatic heterocycles. The van der Waals surface area contributed by atoms with Gasteiger partial charge in [0.2, 0.25) is 5.91 Å². The molecule has 1 aromatic heterocycles. The lowest BCUT2D eigenvalue weighted by molar-refractivity contribution is -0.119. The molecule has 1 amide bonds. The molecule has 1 atom stereocenters. The minimum Gasteiger partial charge on any atom is -0.433 e. The average molecular weight is 430 g/mol. The Hall–Kier alpha value is -2.43.